The van der Waals surface area contributed by atoms with Crippen molar-refractivity contribution in [2.75, 3.05) is 14.2 Å². The minimum Gasteiger partial charge on any atom is -0.494 e. The van der Waals surface area contributed by atoms with E-state index in [0.717, 1.165) is 37.7 Å². The van der Waals surface area contributed by atoms with E-state index in [1.54, 1.807) is 18.2 Å². The quantitative estimate of drug-likeness (QED) is 0.712. The van der Waals surface area contributed by atoms with E-state index in [1.807, 2.05) is 0 Å². The van der Waals surface area contributed by atoms with Gasteiger partial charge in [-0.1, -0.05) is 25.3 Å². The minimum atomic E-state index is -0.722. The number of carbonyl (C=O) groups excluding carboxylic acids is 1. The number of amides is 1. The Balaban J connectivity index is 1.76. The number of rotatable bonds is 5. The third kappa shape index (κ3) is 4.12. The maximum atomic E-state index is 12.7. The van der Waals surface area contributed by atoms with E-state index in [2.05, 4.69) is 10.1 Å². The lowest BCUT2D eigenvalue weighted by Crippen LogP contribution is -2.36. The fourth-order valence-electron chi connectivity index (χ4n) is 4.75. The van der Waals surface area contributed by atoms with Crippen LogP contribution in [0.5, 0.6) is 17.4 Å². The number of methoxy groups -OCH3 is 2. The number of hydrogen-bond donors (Lipinski definition) is 2. The van der Waals surface area contributed by atoms with Gasteiger partial charge in [-0.05, 0) is 30.5 Å². The van der Waals surface area contributed by atoms with Crippen LogP contribution < -0.4 is 20.7 Å². The molecule has 1 saturated carbocycles. The molecule has 10 heteroatoms. The average molecular weight is 456 g/mol. The lowest BCUT2D eigenvalue weighted by molar-refractivity contribution is -0.130. The molecule has 2 heterocycles. The van der Waals surface area contributed by atoms with Gasteiger partial charge in [-0.15, -0.1) is 0 Å². The van der Waals surface area contributed by atoms with Crippen LogP contribution in [-0.2, 0) is 4.79 Å². The molecule has 33 heavy (non-hydrogen) atoms. The highest BCUT2D eigenvalue weighted by Gasteiger charge is 2.35. The topological polar surface area (TPSA) is 126 Å². The van der Waals surface area contributed by atoms with E-state index in [4.69, 9.17) is 9.47 Å². The maximum Gasteiger partial charge on any atom is 0.331 e. The molecule has 2 N–H and O–H groups in total. The summed E-state index contributed by atoms with van der Waals surface area (Å²) < 4.78 is 11.9. The Kier molecular flexibility index (Phi) is 6.26. The Morgan fingerprint density at radius 1 is 1.12 bits per heavy atom. The van der Waals surface area contributed by atoms with Crippen LogP contribution >= 0.6 is 0 Å². The largest absolute Gasteiger partial charge is 0.494 e. The number of hydrogen-bond acceptors (Lipinski definition) is 7. The van der Waals surface area contributed by atoms with Crippen molar-refractivity contribution in [2.45, 2.75) is 57.5 Å². The fourth-order valence-corrected chi connectivity index (χ4v) is 4.75. The van der Waals surface area contributed by atoms with Gasteiger partial charge in [0.1, 0.15) is 5.56 Å². The molecule has 1 aliphatic carbocycles. The molecule has 2 aliphatic rings. The van der Waals surface area contributed by atoms with Gasteiger partial charge in [0.05, 0.1) is 26.0 Å². The van der Waals surface area contributed by atoms with Gasteiger partial charge in [0.15, 0.2) is 11.5 Å². The second-order valence-corrected chi connectivity index (χ2v) is 8.36. The third-order valence-electron chi connectivity index (χ3n) is 6.37. The average Bonchev–Trinajstić information content (AvgIpc) is 3.24. The third-order valence-corrected chi connectivity index (χ3v) is 6.37. The van der Waals surface area contributed by atoms with Gasteiger partial charge in [-0.25, -0.2) is 9.80 Å². The van der Waals surface area contributed by atoms with Gasteiger partial charge in [0.25, 0.3) is 5.56 Å². The Bertz CT molecular complexity index is 1210. The standard InChI is InChI=1S/C23H28N4O6/c1-13(28)27-17(14-9-10-18(32-2)19(11-14)33-3)12-16(25-27)20-21(29)24-23(31)26(22(20)30)15-7-5-4-6-8-15/h9-11,15,17,30H,4-8,12H2,1-3H3,(H,24,29,31). The lowest BCUT2D eigenvalue weighted by Gasteiger charge is -2.25. The first-order valence-corrected chi connectivity index (χ1v) is 11.0. The molecule has 4 rings (SSSR count). The molecule has 1 amide bonds. The van der Waals surface area contributed by atoms with Gasteiger partial charge in [-0.2, -0.15) is 5.10 Å². The number of benzene rings is 1. The second kappa shape index (κ2) is 9.13. The highest BCUT2D eigenvalue weighted by molar-refractivity contribution is 6.04. The van der Waals surface area contributed by atoms with E-state index in [-0.39, 0.29) is 29.6 Å². The van der Waals surface area contributed by atoms with E-state index in [1.165, 1.54) is 30.7 Å². The zero-order chi connectivity index (χ0) is 23.7. The van der Waals surface area contributed by atoms with Crippen molar-refractivity contribution in [3.8, 4) is 17.4 Å². The Morgan fingerprint density at radius 3 is 2.45 bits per heavy atom. The molecule has 1 aliphatic heterocycles. The highest BCUT2D eigenvalue weighted by atomic mass is 16.5. The van der Waals surface area contributed by atoms with Crippen molar-refractivity contribution in [3.05, 3.63) is 50.2 Å². The summed E-state index contributed by atoms with van der Waals surface area (Å²) >= 11 is 0. The molecular formula is C23H28N4O6. The molecule has 1 atom stereocenters. The van der Waals surface area contributed by atoms with Gasteiger partial charge >= 0.3 is 5.69 Å². The summed E-state index contributed by atoms with van der Waals surface area (Å²) in [6, 6.07) is 4.59. The number of carbonyl (C=O) groups is 1. The predicted octanol–water partition coefficient (Wildman–Crippen LogP) is 2.46. The summed E-state index contributed by atoms with van der Waals surface area (Å²) in [6.07, 6.45) is 4.67. The molecule has 10 nitrogen and oxygen atoms in total. The summed E-state index contributed by atoms with van der Waals surface area (Å²) in [6.45, 7) is 1.38. The van der Waals surface area contributed by atoms with Gasteiger partial charge < -0.3 is 14.6 Å². The number of hydrazone groups is 1. The Morgan fingerprint density at radius 2 is 1.82 bits per heavy atom. The first-order valence-electron chi connectivity index (χ1n) is 11.0. The maximum absolute atomic E-state index is 12.7. The first-order chi connectivity index (χ1) is 15.8. The molecule has 0 radical (unpaired) electrons. The second-order valence-electron chi connectivity index (χ2n) is 8.36. The van der Waals surface area contributed by atoms with Crippen molar-refractivity contribution in [2.24, 2.45) is 5.10 Å². The minimum absolute atomic E-state index is 0.0746. The number of aromatic amines is 1. The van der Waals surface area contributed by atoms with Crippen LogP contribution in [0.1, 0.15) is 68.7 Å². The zero-order valence-corrected chi connectivity index (χ0v) is 19.0. The van der Waals surface area contributed by atoms with Gasteiger partial charge in [-0.3, -0.25) is 19.1 Å². The molecule has 1 fully saturated rings. The van der Waals surface area contributed by atoms with E-state index in [0.29, 0.717) is 11.5 Å². The number of aromatic hydroxyl groups is 1. The van der Waals surface area contributed by atoms with Crippen molar-refractivity contribution in [1.82, 2.24) is 14.6 Å². The molecule has 0 spiro atoms. The van der Waals surface area contributed by atoms with Crippen LogP contribution in [0.15, 0.2) is 32.9 Å². The molecule has 1 aromatic carbocycles. The smallest absolute Gasteiger partial charge is 0.331 e. The number of nitrogens with zero attached hydrogens (tertiary/aromatic N) is 3. The molecule has 1 unspecified atom stereocenters. The van der Waals surface area contributed by atoms with E-state index < -0.39 is 23.2 Å². The normalized spacial score (nSPS) is 18.8. The van der Waals surface area contributed by atoms with Crippen LogP contribution in [0.25, 0.3) is 0 Å². The van der Waals surface area contributed by atoms with Crippen LogP contribution in [0, 0.1) is 0 Å². The van der Waals surface area contributed by atoms with E-state index >= 15 is 0 Å². The summed E-state index contributed by atoms with van der Waals surface area (Å²) in [5.41, 5.74) is -0.452. The predicted molar refractivity (Wildman–Crippen MR) is 121 cm³/mol. The monoisotopic (exact) mass is 456 g/mol. The number of aromatic nitrogens is 2. The molecule has 0 saturated heterocycles. The molecular weight excluding hydrogens is 428 g/mol. The Hall–Kier alpha value is -3.56. The summed E-state index contributed by atoms with van der Waals surface area (Å²) in [4.78, 5) is 40.0. The molecule has 0 bridgehead atoms. The summed E-state index contributed by atoms with van der Waals surface area (Å²) in [5, 5.41) is 16.7. The number of nitrogens with one attached hydrogen (secondary N) is 1. The number of ether oxygens (including phenoxy) is 2. The van der Waals surface area contributed by atoms with Crippen molar-refractivity contribution in [3.63, 3.8) is 0 Å². The molecule has 176 valence electrons. The summed E-state index contributed by atoms with van der Waals surface area (Å²) in [5.74, 6) is 0.328. The van der Waals surface area contributed by atoms with Gasteiger partial charge in [0, 0.05) is 19.4 Å². The van der Waals surface area contributed by atoms with Gasteiger partial charge in [0.2, 0.25) is 11.8 Å². The van der Waals surface area contributed by atoms with E-state index in [9.17, 15) is 19.5 Å². The Labute approximate surface area is 190 Å². The van der Waals surface area contributed by atoms with Crippen LogP contribution in [0.4, 0.5) is 0 Å². The van der Waals surface area contributed by atoms with Crippen molar-refractivity contribution in [1.29, 1.82) is 0 Å². The number of H-pyrrole nitrogens is 1. The lowest BCUT2D eigenvalue weighted by atomic mass is 9.95. The summed E-state index contributed by atoms with van der Waals surface area (Å²) in [7, 11) is 3.06. The first kappa shape index (κ1) is 22.6. The molecule has 1 aromatic heterocycles. The van der Waals surface area contributed by atoms with Crippen molar-refractivity contribution >= 4 is 11.6 Å². The molecule has 2 aromatic rings. The van der Waals surface area contributed by atoms with Crippen molar-refractivity contribution < 1.29 is 19.4 Å². The van der Waals surface area contributed by atoms with Crippen LogP contribution in [-0.4, -0.2) is 45.5 Å². The van der Waals surface area contributed by atoms with Crippen LogP contribution in [0.2, 0.25) is 0 Å². The zero-order valence-electron chi connectivity index (χ0n) is 19.0. The highest BCUT2D eigenvalue weighted by Crippen LogP contribution is 2.38. The van der Waals surface area contributed by atoms with Crippen LogP contribution in [0.3, 0.4) is 0 Å². The SMILES string of the molecule is COc1ccc(C2CC(c3c(O)n(C4CCCCC4)c(=O)[nH]c3=O)=NN2C(C)=O)cc1OC. The fraction of sp³-hybridized carbons (Fsp3) is 0.478.